The topological polar surface area (TPSA) is 108 Å². The van der Waals surface area contributed by atoms with E-state index in [1.165, 1.54) is 43.5 Å². The van der Waals surface area contributed by atoms with Crippen molar-refractivity contribution in [2.24, 2.45) is 0 Å². The minimum atomic E-state index is -0.624. The van der Waals surface area contributed by atoms with Gasteiger partial charge in [0.15, 0.2) is 6.61 Å². The summed E-state index contributed by atoms with van der Waals surface area (Å²) in [5.74, 6) is -1.89. The number of hydrogen-bond donors (Lipinski definition) is 1. The van der Waals surface area contributed by atoms with E-state index in [-0.39, 0.29) is 30.2 Å². The Hall–Kier alpha value is -3.49. The van der Waals surface area contributed by atoms with Gasteiger partial charge in [-0.1, -0.05) is 51.2 Å². The zero-order valence-corrected chi connectivity index (χ0v) is 18.7. The molecule has 8 nitrogen and oxygen atoms in total. The number of unbranched alkanes of at least 4 members (excludes halogenated alkanes) is 5. The van der Waals surface area contributed by atoms with Gasteiger partial charge >= 0.3 is 5.97 Å². The van der Waals surface area contributed by atoms with Crippen molar-refractivity contribution >= 4 is 17.6 Å². The number of carbonyl (C=O) groups is 2. The number of non-ortho nitro benzene ring substituents is 1. The van der Waals surface area contributed by atoms with Crippen molar-refractivity contribution in [3.8, 4) is 5.75 Å². The summed E-state index contributed by atoms with van der Waals surface area (Å²) < 4.78 is 24.2. The average Bonchev–Trinajstić information content (AvgIpc) is 2.81. The monoisotopic (exact) mass is 460 g/mol. The summed E-state index contributed by atoms with van der Waals surface area (Å²) in [5.41, 5.74) is 0.470. The Bertz CT molecular complexity index is 950. The molecule has 2 aromatic carbocycles. The van der Waals surface area contributed by atoms with E-state index in [0.29, 0.717) is 5.56 Å². The van der Waals surface area contributed by atoms with Crippen LogP contribution >= 0.6 is 0 Å². The molecule has 0 saturated heterocycles. The first-order valence-electron chi connectivity index (χ1n) is 11.0. The Labute approximate surface area is 192 Å². The minimum absolute atomic E-state index is 0.0254. The number of amides is 1. The van der Waals surface area contributed by atoms with Gasteiger partial charge in [0.05, 0.1) is 17.1 Å². The number of nitrogens with one attached hydrogen (secondary N) is 1. The first-order valence-corrected chi connectivity index (χ1v) is 11.0. The molecule has 0 saturated carbocycles. The fourth-order valence-corrected chi connectivity index (χ4v) is 3.11. The third kappa shape index (κ3) is 9.26. The maximum atomic E-state index is 13.7. The molecule has 0 aliphatic heterocycles. The van der Waals surface area contributed by atoms with E-state index in [1.807, 2.05) is 0 Å². The lowest BCUT2D eigenvalue weighted by Gasteiger charge is -2.12. The van der Waals surface area contributed by atoms with Gasteiger partial charge in [0.2, 0.25) is 0 Å². The van der Waals surface area contributed by atoms with Crippen LogP contribution in [0.15, 0.2) is 42.5 Å². The third-order valence-electron chi connectivity index (χ3n) is 4.87. The molecule has 0 radical (unpaired) electrons. The van der Waals surface area contributed by atoms with E-state index < -0.39 is 29.2 Å². The van der Waals surface area contributed by atoms with Crippen molar-refractivity contribution in [2.75, 3.05) is 13.2 Å². The second kappa shape index (κ2) is 13.8. The number of rotatable bonds is 14. The quantitative estimate of drug-likeness (QED) is 0.185. The van der Waals surface area contributed by atoms with Crippen molar-refractivity contribution < 1.29 is 28.4 Å². The fraction of sp³-hybridized carbons (Fsp3) is 0.417. The molecule has 0 bridgehead atoms. The Kier molecular flexibility index (Phi) is 10.8. The van der Waals surface area contributed by atoms with Crippen LogP contribution in [0.25, 0.3) is 0 Å². The van der Waals surface area contributed by atoms with Crippen molar-refractivity contribution in [3.63, 3.8) is 0 Å². The van der Waals surface area contributed by atoms with Crippen LogP contribution in [0.1, 0.15) is 61.4 Å². The number of nitrogens with zero attached hydrogens (tertiary/aromatic N) is 1. The van der Waals surface area contributed by atoms with Gasteiger partial charge in [-0.15, -0.1) is 0 Å². The van der Waals surface area contributed by atoms with E-state index in [0.717, 1.165) is 31.4 Å². The van der Waals surface area contributed by atoms with Crippen LogP contribution in [0, 0.1) is 15.9 Å². The van der Waals surface area contributed by atoms with Crippen molar-refractivity contribution in [1.82, 2.24) is 5.32 Å². The van der Waals surface area contributed by atoms with Gasteiger partial charge in [-0.05, 0) is 24.1 Å². The molecule has 2 rings (SSSR count). The summed E-state index contributed by atoms with van der Waals surface area (Å²) in [4.78, 5) is 34.8. The van der Waals surface area contributed by atoms with Gasteiger partial charge in [0.1, 0.15) is 11.6 Å². The Balaban J connectivity index is 1.86. The van der Waals surface area contributed by atoms with Crippen LogP contribution in [0.3, 0.4) is 0 Å². The number of nitro groups is 1. The molecule has 0 spiro atoms. The van der Waals surface area contributed by atoms with Crippen LogP contribution < -0.4 is 10.1 Å². The van der Waals surface area contributed by atoms with Crippen molar-refractivity contribution in [2.45, 2.75) is 52.0 Å². The number of hydrogen-bond acceptors (Lipinski definition) is 6. The van der Waals surface area contributed by atoms with E-state index in [1.54, 1.807) is 6.07 Å². The van der Waals surface area contributed by atoms with E-state index in [4.69, 9.17) is 9.47 Å². The predicted molar refractivity (Wildman–Crippen MR) is 120 cm³/mol. The lowest BCUT2D eigenvalue weighted by Crippen LogP contribution is -2.24. The number of benzene rings is 2. The van der Waals surface area contributed by atoms with Gasteiger partial charge in [-0.3, -0.25) is 14.9 Å². The molecule has 0 aromatic heterocycles. The maximum absolute atomic E-state index is 13.7. The SMILES string of the molecule is CCCCCCCCOC(=O)COc1cc(F)ccc1C(=O)NCc1cccc([N+](=O)[O-])c1. The number of ether oxygens (including phenoxy) is 2. The van der Waals surface area contributed by atoms with Crippen molar-refractivity contribution in [3.05, 3.63) is 69.5 Å². The molecule has 9 heteroatoms. The molecule has 1 amide bonds. The molecule has 0 atom stereocenters. The molecule has 0 unspecified atom stereocenters. The molecular formula is C24H29FN2O6. The smallest absolute Gasteiger partial charge is 0.344 e. The number of halogens is 1. The van der Waals surface area contributed by atoms with Crippen LogP contribution in [0.4, 0.5) is 10.1 Å². The lowest BCUT2D eigenvalue weighted by atomic mass is 10.1. The largest absolute Gasteiger partial charge is 0.481 e. The van der Waals surface area contributed by atoms with Gasteiger partial charge in [-0.25, -0.2) is 9.18 Å². The Morgan fingerprint density at radius 3 is 2.58 bits per heavy atom. The summed E-state index contributed by atoms with van der Waals surface area (Å²) in [5, 5.41) is 13.5. The second-order valence-corrected chi connectivity index (χ2v) is 7.53. The molecule has 33 heavy (non-hydrogen) atoms. The summed E-state index contributed by atoms with van der Waals surface area (Å²) in [7, 11) is 0. The third-order valence-corrected chi connectivity index (χ3v) is 4.87. The fourth-order valence-electron chi connectivity index (χ4n) is 3.11. The van der Waals surface area contributed by atoms with Gasteiger partial charge in [0, 0.05) is 24.7 Å². The summed E-state index contributed by atoms with van der Waals surface area (Å²) in [6, 6.07) is 9.22. The number of esters is 1. The standard InChI is InChI=1S/C24H29FN2O6/c1-2-3-4-5-6-7-13-32-23(28)17-33-22-15-19(25)11-12-21(22)24(29)26-16-18-9-8-10-20(14-18)27(30)31/h8-12,14-15H,2-7,13,16-17H2,1H3,(H,26,29). The molecule has 0 aliphatic rings. The van der Waals surface area contributed by atoms with Crippen LogP contribution in [-0.2, 0) is 16.1 Å². The summed E-state index contributed by atoms with van der Waals surface area (Å²) in [6.07, 6.45) is 6.37. The van der Waals surface area contributed by atoms with E-state index in [9.17, 15) is 24.1 Å². The summed E-state index contributed by atoms with van der Waals surface area (Å²) >= 11 is 0. The number of carbonyl (C=O) groups excluding carboxylic acids is 2. The van der Waals surface area contributed by atoms with Gasteiger partial charge < -0.3 is 14.8 Å². The Morgan fingerprint density at radius 2 is 1.82 bits per heavy atom. The van der Waals surface area contributed by atoms with Crippen molar-refractivity contribution in [1.29, 1.82) is 0 Å². The highest BCUT2D eigenvalue weighted by atomic mass is 19.1. The Morgan fingerprint density at radius 1 is 1.06 bits per heavy atom. The highest BCUT2D eigenvalue weighted by Gasteiger charge is 2.16. The summed E-state index contributed by atoms with van der Waals surface area (Å²) in [6.45, 7) is 2.00. The van der Waals surface area contributed by atoms with E-state index >= 15 is 0 Å². The average molecular weight is 461 g/mol. The normalized spacial score (nSPS) is 10.5. The first kappa shape index (κ1) is 25.8. The number of nitro benzene ring substituents is 1. The lowest BCUT2D eigenvalue weighted by molar-refractivity contribution is -0.384. The minimum Gasteiger partial charge on any atom is -0.481 e. The first-order chi connectivity index (χ1) is 15.9. The zero-order chi connectivity index (χ0) is 24.1. The highest BCUT2D eigenvalue weighted by Crippen LogP contribution is 2.21. The molecule has 0 heterocycles. The molecule has 0 aliphatic carbocycles. The maximum Gasteiger partial charge on any atom is 0.344 e. The van der Waals surface area contributed by atoms with Gasteiger partial charge in [-0.2, -0.15) is 0 Å². The molecule has 1 N–H and O–H groups in total. The molecule has 0 fully saturated rings. The van der Waals surface area contributed by atoms with Gasteiger partial charge in [0.25, 0.3) is 11.6 Å². The zero-order valence-electron chi connectivity index (χ0n) is 18.7. The van der Waals surface area contributed by atoms with Crippen LogP contribution in [-0.4, -0.2) is 30.0 Å². The highest BCUT2D eigenvalue weighted by molar-refractivity contribution is 5.97. The van der Waals surface area contributed by atoms with E-state index in [2.05, 4.69) is 12.2 Å². The molecular weight excluding hydrogens is 431 g/mol. The van der Waals surface area contributed by atoms with Crippen LogP contribution in [0.2, 0.25) is 0 Å². The molecule has 178 valence electrons. The van der Waals surface area contributed by atoms with Crippen LogP contribution in [0.5, 0.6) is 5.75 Å². The predicted octanol–water partition coefficient (Wildman–Crippen LogP) is 4.95. The molecule has 2 aromatic rings. The second-order valence-electron chi connectivity index (χ2n) is 7.53.